The van der Waals surface area contributed by atoms with Crippen LogP contribution in [0.4, 0.5) is 9.18 Å². The molecule has 37 heavy (non-hydrogen) atoms. The Kier molecular flexibility index (Phi) is 9.93. The fourth-order valence-electron chi connectivity index (χ4n) is 3.75. The molecule has 0 aliphatic rings. The van der Waals surface area contributed by atoms with E-state index < -0.39 is 41.0 Å². The molecule has 0 aliphatic heterocycles. The summed E-state index contributed by atoms with van der Waals surface area (Å²) in [4.78, 5) is 18.2. The number of unbranched alkanes of at least 4 members (excludes halogenated alkanes) is 1. The molecule has 0 bridgehead atoms. The zero-order valence-corrected chi connectivity index (χ0v) is 25.5. The summed E-state index contributed by atoms with van der Waals surface area (Å²) >= 11 is 0. The van der Waals surface area contributed by atoms with Crippen molar-refractivity contribution in [2.75, 3.05) is 13.2 Å². The Labute approximate surface area is 222 Å². The first-order valence-electron chi connectivity index (χ1n) is 12.8. The van der Waals surface area contributed by atoms with Gasteiger partial charge in [-0.15, -0.1) is 0 Å². The van der Waals surface area contributed by atoms with Crippen molar-refractivity contribution < 1.29 is 26.8 Å². The van der Waals surface area contributed by atoms with E-state index in [2.05, 4.69) is 38.8 Å². The van der Waals surface area contributed by atoms with E-state index in [1.54, 1.807) is 39.8 Å². The minimum absolute atomic E-state index is 0.0251. The molecule has 2 rings (SSSR count). The Morgan fingerprint density at radius 2 is 1.76 bits per heavy atom. The van der Waals surface area contributed by atoms with Crippen molar-refractivity contribution in [3.63, 3.8) is 0 Å². The lowest BCUT2D eigenvalue weighted by Gasteiger charge is -2.36. The number of benzene rings is 1. The summed E-state index contributed by atoms with van der Waals surface area (Å²) in [6.45, 7) is 18.5. The van der Waals surface area contributed by atoms with Crippen LogP contribution in [0.25, 0.3) is 10.8 Å². The number of sulfone groups is 1. The Hall–Kier alpha value is -2.04. The molecule has 1 heterocycles. The highest BCUT2D eigenvalue weighted by atomic mass is 32.2. The molecule has 1 aromatic heterocycles. The standard InChI is InChI=1S/C27H43FN2O5SSi/c1-10-23(36(32,33)22-15-13-14-20-18-29-19-21(28)24(20)22)30(25(31)35-26(2,3)4)16-11-12-17-34-37(8,9)27(5,6)7/h13-15,18-19,23H,10-12,16-17H2,1-9H3. The number of carbonyl (C=O) groups is 1. The normalized spacial score (nSPS) is 14.0. The van der Waals surface area contributed by atoms with Crippen LogP contribution in [0.3, 0.4) is 0 Å². The zero-order chi connectivity index (χ0) is 28.2. The van der Waals surface area contributed by atoms with Crippen LogP contribution in [-0.4, -0.2) is 56.8 Å². The molecule has 0 fully saturated rings. The first-order valence-corrected chi connectivity index (χ1v) is 17.3. The molecule has 0 radical (unpaired) electrons. The summed E-state index contributed by atoms with van der Waals surface area (Å²) in [5.41, 5.74) is -0.806. The second kappa shape index (κ2) is 11.8. The lowest BCUT2D eigenvalue weighted by molar-refractivity contribution is 0.0213. The van der Waals surface area contributed by atoms with Gasteiger partial charge in [-0.2, -0.15) is 0 Å². The molecule has 208 valence electrons. The van der Waals surface area contributed by atoms with Gasteiger partial charge in [-0.25, -0.2) is 17.6 Å². The number of hydrogen-bond acceptors (Lipinski definition) is 6. The molecule has 2 aromatic rings. The summed E-state index contributed by atoms with van der Waals surface area (Å²) in [5, 5.41) is -0.785. The summed E-state index contributed by atoms with van der Waals surface area (Å²) in [6, 6.07) is 4.54. The molecular weight excluding hydrogens is 511 g/mol. The van der Waals surface area contributed by atoms with E-state index in [1.165, 1.54) is 17.2 Å². The molecule has 1 amide bonds. The molecule has 0 saturated carbocycles. The van der Waals surface area contributed by atoms with E-state index in [9.17, 15) is 17.6 Å². The van der Waals surface area contributed by atoms with Crippen LogP contribution < -0.4 is 0 Å². The van der Waals surface area contributed by atoms with Gasteiger partial charge in [0.1, 0.15) is 11.0 Å². The topological polar surface area (TPSA) is 85.8 Å². The summed E-state index contributed by atoms with van der Waals surface area (Å²) in [6.07, 6.45) is 3.02. The van der Waals surface area contributed by atoms with Crippen LogP contribution >= 0.6 is 0 Å². The van der Waals surface area contributed by atoms with Crippen molar-refractivity contribution in [1.82, 2.24) is 9.88 Å². The third kappa shape index (κ3) is 7.74. The second-order valence-corrected chi connectivity index (χ2v) is 18.8. The van der Waals surface area contributed by atoms with Gasteiger partial charge >= 0.3 is 6.09 Å². The lowest BCUT2D eigenvalue weighted by Crippen LogP contribution is -2.47. The highest BCUT2D eigenvalue weighted by Crippen LogP contribution is 2.36. The van der Waals surface area contributed by atoms with Crippen LogP contribution in [0.15, 0.2) is 35.5 Å². The van der Waals surface area contributed by atoms with Crippen LogP contribution in [0.1, 0.15) is 67.7 Å². The van der Waals surface area contributed by atoms with Crippen molar-refractivity contribution in [3.8, 4) is 0 Å². The van der Waals surface area contributed by atoms with E-state index >= 15 is 0 Å². The molecule has 0 aliphatic carbocycles. The van der Waals surface area contributed by atoms with Crippen LogP contribution in [-0.2, 0) is 19.0 Å². The van der Waals surface area contributed by atoms with Gasteiger partial charge < -0.3 is 9.16 Å². The molecule has 1 aromatic carbocycles. The van der Waals surface area contributed by atoms with Crippen molar-refractivity contribution in [2.24, 2.45) is 0 Å². The van der Waals surface area contributed by atoms with Crippen LogP contribution in [0, 0.1) is 5.82 Å². The quantitative estimate of drug-likeness (QED) is 0.234. The number of nitrogens with zero attached hydrogens (tertiary/aromatic N) is 2. The van der Waals surface area contributed by atoms with E-state index in [-0.39, 0.29) is 28.3 Å². The molecule has 7 nitrogen and oxygen atoms in total. The third-order valence-corrected chi connectivity index (χ3v) is 13.5. The zero-order valence-electron chi connectivity index (χ0n) is 23.7. The van der Waals surface area contributed by atoms with Gasteiger partial charge in [0, 0.05) is 30.1 Å². The summed E-state index contributed by atoms with van der Waals surface area (Å²) in [7, 11) is -6.06. The minimum atomic E-state index is -4.15. The largest absolute Gasteiger partial charge is 0.444 e. The fraction of sp³-hybridized carbons (Fsp3) is 0.630. The van der Waals surface area contributed by atoms with Gasteiger partial charge in [-0.05, 0) is 64.2 Å². The minimum Gasteiger partial charge on any atom is -0.444 e. The Bertz CT molecular complexity index is 1180. The van der Waals surface area contributed by atoms with Gasteiger partial charge in [0.25, 0.3) is 0 Å². The van der Waals surface area contributed by atoms with Gasteiger partial charge in [-0.3, -0.25) is 9.88 Å². The Morgan fingerprint density at radius 3 is 2.32 bits per heavy atom. The maximum Gasteiger partial charge on any atom is 0.411 e. The highest BCUT2D eigenvalue weighted by molar-refractivity contribution is 7.92. The Balaban J connectivity index is 2.35. The number of fused-ring (bicyclic) bond motifs is 1. The lowest BCUT2D eigenvalue weighted by atomic mass is 10.2. The number of ether oxygens (including phenoxy) is 1. The van der Waals surface area contributed by atoms with E-state index in [4.69, 9.17) is 9.16 Å². The number of halogens is 1. The number of rotatable bonds is 10. The molecule has 1 atom stereocenters. The molecular formula is C27H43FN2O5SSi. The monoisotopic (exact) mass is 554 g/mol. The second-order valence-electron chi connectivity index (χ2n) is 11.9. The number of aromatic nitrogens is 1. The van der Waals surface area contributed by atoms with Crippen molar-refractivity contribution in [1.29, 1.82) is 0 Å². The first-order chi connectivity index (χ1) is 16.9. The predicted molar refractivity (Wildman–Crippen MR) is 148 cm³/mol. The predicted octanol–water partition coefficient (Wildman–Crippen LogP) is 6.92. The number of amides is 1. The molecule has 1 unspecified atom stereocenters. The van der Waals surface area contributed by atoms with Gasteiger partial charge in [0.15, 0.2) is 24.0 Å². The van der Waals surface area contributed by atoms with Crippen molar-refractivity contribution in [2.45, 2.75) is 102 Å². The summed E-state index contributed by atoms with van der Waals surface area (Å²) in [5.74, 6) is -0.724. The number of carbonyl (C=O) groups excluding carboxylic acids is 1. The van der Waals surface area contributed by atoms with Crippen molar-refractivity contribution in [3.05, 3.63) is 36.4 Å². The molecule has 0 spiro atoms. The number of pyridine rings is 1. The molecule has 0 N–H and O–H groups in total. The van der Waals surface area contributed by atoms with Gasteiger partial charge in [0.05, 0.1) is 11.1 Å². The average molecular weight is 555 g/mol. The van der Waals surface area contributed by atoms with E-state index in [0.29, 0.717) is 24.8 Å². The van der Waals surface area contributed by atoms with Gasteiger partial charge in [-0.1, -0.05) is 39.8 Å². The first kappa shape index (κ1) is 31.2. The van der Waals surface area contributed by atoms with Crippen LogP contribution in [0.5, 0.6) is 0 Å². The fourth-order valence-corrected chi connectivity index (χ4v) is 6.87. The third-order valence-electron chi connectivity index (χ3n) is 6.75. The molecule has 10 heteroatoms. The molecule has 0 saturated heterocycles. The average Bonchev–Trinajstić information content (AvgIpc) is 2.75. The maximum absolute atomic E-state index is 14.8. The maximum atomic E-state index is 14.8. The smallest absolute Gasteiger partial charge is 0.411 e. The van der Waals surface area contributed by atoms with E-state index in [1.807, 2.05) is 0 Å². The van der Waals surface area contributed by atoms with E-state index in [0.717, 1.165) is 6.20 Å². The SMILES string of the molecule is CCC(N(CCCCO[Si](C)(C)C(C)(C)C)C(=O)OC(C)(C)C)S(=O)(=O)c1cccc2cncc(F)c12. The van der Waals surface area contributed by atoms with Gasteiger partial charge in [0.2, 0.25) is 0 Å². The summed E-state index contributed by atoms with van der Waals surface area (Å²) < 4.78 is 54.4. The Morgan fingerprint density at radius 1 is 1.11 bits per heavy atom. The van der Waals surface area contributed by atoms with Crippen LogP contribution in [0.2, 0.25) is 18.1 Å². The van der Waals surface area contributed by atoms with Crippen molar-refractivity contribution >= 4 is 35.0 Å². The number of hydrogen-bond donors (Lipinski definition) is 0. The highest BCUT2D eigenvalue weighted by Gasteiger charge is 2.39.